The van der Waals surface area contributed by atoms with Crippen LogP contribution in [0, 0.1) is 0 Å². The highest BCUT2D eigenvalue weighted by molar-refractivity contribution is 6.17. The summed E-state index contributed by atoms with van der Waals surface area (Å²) in [4.78, 5) is 23.2. The maximum absolute atomic E-state index is 14.0. The molecule has 0 fully saturated rings. The van der Waals surface area contributed by atoms with Crippen molar-refractivity contribution in [2.24, 2.45) is 5.73 Å². The lowest BCUT2D eigenvalue weighted by atomic mass is 10.0. The zero-order valence-corrected chi connectivity index (χ0v) is 11.7. The van der Waals surface area contributed by atoms with Crippen LogP contribution >= 0.6 is 11.6 Å². The number of Topliss-reactive ketones (excluding diaryl/α,β-unsaturated/α-hetero) is 1. The first-order valence-electron chi connectivity index (χ1n) is 6.26. The van der Waals surface area contributed by atoms with Crippen LogP contribution < -0.4 is 5.73 Å². The first-order chi connectivity index (χ1) is 9.48. The summed E-state index contributed by atoms with van der Waals surface area (Å²) < 4.78 is 18.6. The normalized spacial score (nSPS) is 13.6. The summed E-state index contributed by atoms with van der Waals surface area (Å²) in [5.41, 5.74) is 5.73. The van der Waals surface area contributed by atoms with Gasteiger partial charge in [-0.15, -0.1) is 11.6 Å². The fraction of sp³-hybridized carbons (Fsp3) is 0.429. The van der Waals surface area contributed by atoms with Crippen molar-refractivity contribution < 1.29 is 18.7 Å². The zero-order valence-electron chi connectivity index (χ0n) is 11.0. The van der Waals surface area contributed by atoms with Crippen LogP contribution in [0.5, 0.6) is 0 Å². The van der Waals surface area contributed by atoms with Gasteiger partial charge in [0.05, 0.1) is 6.61 Å². The Kier molecular flexibility index (Phi) is 6.61. The van der Waals surface area contributed by atoms with Crippen LogP contribution in [0.25, 0.3) is 0 Å². The Morgan fingerprint density at radius 2 is 1.90 bits per heavy atom. The smallest absolute Gasteiger partial charge is 0.367 e. The van der Waals surface area contributed by atoms with Gasteiger partial charge in [0.1, 0.15) is 0 Å². The minimum atomic E-state index is -3.11. The van der Waals surface area contributed by atoms with Crippen molar-refractivity contribution in [3.8, 4) is 0 Å². The molecule has 6 heteroatoms. The van der Waals surface area contributed by atoms with Crippen LogP contribution in [0.4, 0.5) is 4.39 Å². The van der Waals surface area contributed by atoms with Crippen LogP contribution in [0.15, 0.2) is 30.3 Å². The number of alkyl halides is 2. The molecule has 1 aromatic carbocycles. The monoisotopic (exact) mass is 301 g/mol. The number of unbranched alkanes of at least 4 members (excludes halogenated alkanes) is 1. The molecule has 1 unspecified atom stereocenters. The molecule has 0 amide bonds. The Morgan fingerprint density at radius 3 is 2.50 bits per heavy atom. The lowest BCUT2D eigenvalue weighted by Crippen LogP contribution is -2.52. The van der Waals surface area contributed by atoms with E-state index >= 15 is 0 Å². The Hall–Kier alpha value is -1.46. The molecule has 2 N–H and O–H groups in total. The highest BCUT2D eigenvalue weighted by Gasteiger charge is 2.43. The molecule has 4 nitrogen and oxygen atoms in total. The molecule has 0 spiro atoms. The number of benzene rings is 1. The molecule has 20 heavy (non-hydrogen) atoms. The van der Waals surface area contributed by atoms with Crippen LogP contribution in [-0.4, -0.2) is 30.0 Å². The second-order valence-corrected chi connectivity index (χ2v) is 4.71. The van der Waals surface area contributed by atoms with Gasteiger partial charge >= 0.3 is 11.8 Å². The Bertz CT molecular complexity index is 451. The Balaban J connectivity index is 2.53. The maximum Gasteiger partial charge on any atom is 0.367 e. The zero-order chi connectivity index (χ0) is 15.0. The summed E-state index contributed by atoms with van der Waals surface area (Å²) in [5, 5.41) is 0. The van der Waals surface area contributed by atoms with Crippen molar-refractivity contribution in [3.63, 3.8) is 0 Å². The molecule has 0 aliphatic rings. The molecule has 1 aromatic rings. The Labute approximate surface area is 122 Å². The highest BCUT2D eigenvalue weighted by atomic mass is 35.5. The van der Waals surface area contributed by atoms with E-state index in [1.54, 1.807) is 30.3 Å². The molecular formula is C14H17ClFNO3. The molecule has 0 aromatic heterocycles. The quantitative estimate of drug-likeness (QED) is 0.262. The standard InChI is InChI=1S/C14H17ClFNO3/c15-8-4-5-9-20-13(19)14(16,17)12(18)10-11-6-2-1-3-7-11/h1-3,6-7H,4-5,8-10,17H2. The molecule has 0 aliphatic carbocycles. The first kappa shape index (κ1) is 16.6. The van der Waals surface area contributed by atoms with Gasteiger partial charge < -0.3 is 4.74 Å². The van der Waals surface area contributed by atoms with Gasteiger partial charge in [-0.2, -0.15) is 0 Å². The molecule has 0 radical (unpaired) electrons. The van der Waals surface area contributed by atoms with Crippen molar-refractivity contribution in [1.29, 1.82) is 0 Å². The molecule has 0 aliphatic heterocycles. The van der Waals surface area contributed by atoms with E-state index in [-0.39, 0.29) is 13.0 Å². The molecule has 0 heterocycles. The lowest BCUT2D eigenvalue weighted by Gasteiger charge is -2.17. The first-order valence-corrected chi connectivity index (χ1v) is 6.80. The second kappa shape index (κ2) is 7.97. The van der Waals surface area contributed by atoms with E-state index in [1.807, 2.05) is 0 Å². The van der Waals surface area contributed by atoms with Crippen molar-refractivity contribution in [2.45, 2.75) is 25.1 Å². The van der Waals surface area contributed by atoms with Crippen molar-refractivity contribution in [1.82, 2.24) is 0 Å². The van der Waals surface area contributed by atoms with E-state index in [4.69, 9.17) is 17.3 Å². The summed E-state index contributed by atoms with van der Waals surface area (Å²) in [7, 11) is 0. The van der Waals surface area contributed by atoms with E-state index in [2.05, 4.69) is 4.74 Å². The van der Waals surface area contributed by atoms with Gasteiger partial charge in [0.2, 0.25) is 5.78 Å². The number of carbonyl (C=O) groups excluding carboxylic acids is 2. The number of hydrogen-bond donors (Lipinski definition) is 1. The maximum atomic E-state index is 14.0. The number of rotatable bonds is 8. The van der Waals surface area contributed by atoms with Gasteiger partial charge in [-0.3, -0.25) is 10.5 Å². The fourth-order valence-corrected chi connectivity index (χ4v) is 1.68. The predicted molar refractivity (Wildman–Crippen MR) is 74.1 cm³/mol. The molecule has 1 atom stereocenters. The Morgan fingerprint density at radius 1 is 1.25 bits per heavy atom. The summed E-state index contributed by atoms with van der Waals surface area (Å²) in [6.07, 6.45) is 0.874. The predicted octanol–water partition coefficient (Wildman–Crippen LogP) is 1.98. The van der Waals surface area contributed by atoms with Crippen molar-refractivity contribution >= 4 is 23.4 Å². The SMILES string of the molecule is NC(F)(C(=O)Cc1ccccc1)C(=O)OCCCCCl. The molecule has 0 bridgehead atoms. The van der Waals surface area contributed by atoms with E-state index < -0.39 is 17.5 Å². The van der Waals surface area contributed by atoms with Crippen LogP contribution in [-0.2, 0) is 20.7 Å². The van der Waals surface area contributed by atoms with Crippen molar-refractivity contribution in [2.75, 3.05) is 12.5 Å². The third-order valence-corrected chi connectivity index (χ3v) is 2.94. The van der Waals surface area contributed by atoms with Gasteiger partial charge in [0, 0.05) is 12.3 Å². The number of nitrogens with two attached hydrogens (primary N) is 1. The molecular weight excluding hydrogens is 285 g/mol. The number of ether oxygens (including phenoxy) is 1. The van der Waals surface area contributed by atoms with E-state index in [9.17, 15) is 14.0 Å². The average molecular weight is 302 g/mol. The minimum Gasteiger partial charge on any atom is -0.462 e. The second-order valence-electron chi connectivity index (χ2n) is 4.33. The number of esters is 1. The summed E-state index contributed by atoms with van der Waals surface area (Å²) >= 11 is 5.45. The highest BCUT2D eigenvalue weighted by Crippen LogP contribution is 2.12. The summed E-state index contributed by atoms with van der Waals surface area (Å²) in [6, 6.07) is 8.50. The summed E-state index contributed by atoms with van der Waals surface area (Å²) in [6.45, 7) is -0.00690. The molecule has 110 valence electrons. The minimum absolute atomic E-state index is 0.00690. The van der Waals surface area contributed by atoms with Crippen LogP contribution in [0.3, 0.4) is 0 Å². The third-order valence-electron chi connectivity index (χ3n) is 2.67. The fourth-order valence-electron chi connectivity index (χ4n) is 1.49. The molecule has 1 rings (SSSR count). The summed E-state index contributed by atoms with van der Waals surface area (Å²) in [5.74, 6) is -5.07. The molecule has 0 saturated carbocycles. The number of hydrogen-bond acceptors (Lipinski definition) is 4. The van der Waals surface area contributed by atoms with Gasteiger partial charge in [0.15, 0.2) is 0 Å². The van der Waals surface area contributed by atoms with Gasteiger partial charge in [-0.25, -0.2) is 9.18 Å². The van der Waals surface area contributed by atoms with Gasteiger partial charge in [-0.05, 0) is 18.4 Å². The number of halogens is 2. The van der Waals surface area contributed by atoms with Gasteiger partial charge in [-0.1, -0.05) is 30.3 Å². The van der Waals surface area contributed by atoms with Crippen LogP contribution in [0.1, 0.15) is 18.4 Å². The van der Waals surface area contributed by atoms with E-state index in [0.717, 1.165) is 0 Å². The lowest BCUT2D eigenvalue weighted by molar-refractivity contribution is -0.162. The van der Waals surface area contributed by atoms with E-state index in [1.165, 1.54) is 0 Å². The van der Waals surface area contributed by atoms with E-state index in [0.29, 0.717) is 24.3 Å². The number of carbonyl (C=O) groups is 2. The topological polar surface area (TPSA) is 69.4 Å². The number of ketones is 1. The van der Waals surface area contributed by atoms with Gasteiger partial charge in [0.25, 0.3) is 0 Å². The van der Waals surface area contributed by atoms with Crippen LogP contribution in [0.2, 0.25) is 0 Å². The third kappa shape index (κ3) is 4.90. The van der Waals surface area contributed by atoms with Crippen molar-refractivity contribution in [3.05, 3.63) is 35.9 Å². The largest absolute Gasteiger partial charge is 0.462 e. The molecule has 0 saturated heterocycles. The average Bonchev–Trinajstić information content (AvgIpc) is 2.44.